The van der Waals surface area contributed by atoms with Crippen molar-refractivity contribution in [1.82, 2.24) is 5.32 Å². The van der Waals surface area contributed by atoms with Crippen molar-refractivity contribution in [2.75, 3.05) is 40.9 Å². The lowest BCUT2D eigenvalue weighted by Gasteiger charge is -2.29. The van der Waals surface area contributed by atoms with Crippen LogP contribution in [0.25, 0.3) is 0 Å². The molecule has 3 atom stereocenters. The molecule has 8 nitrogen and oxygen atoms in total. The topological polar surface area (TPSA) is 108 Å². The average Bonchev–Trinajstić information content (AvgIpc) is 3.32. The van der Waals surface area contributed by atoms with Crippen molar-refractivity contribution >= 4 is 13.7 Å². The molecule has 0 aliphatic rings. The van der Waals surface area contributed by atoms with Gasteiger partial charge in [-0.05, 0) is 70.6 Å². The van der Waals surface area contributed by atoms with Crippen molar-refractivity contribution in [2.24, 2.45) is 0 Å². The monoisotopic (exact) mass is 1000 g/mol. The lowest BCUT2D eigenvalue weighted by atomic mass is 10.0. The Morgan fingerprint density at radius 1 is 0.486 bits per heavy atom. The van der Waals surface area contributed by atoms with E-state index in [1.54, 1.807) is 6.08 Å². The minimum absolute atomic E-state index is 0.00879. The van der Waals surface area contributed by atoms with Crippen LogP contribution in [0.4, 0.5) is 0 Å². The number of unbranched alkanes of at least 4 members (excludes halogenated alkanes) is 36. The van der Waals surface area contributed by atoms with E-state index in [4.69, 9.17) is 9.05 Å². The van der Waals surface area contributed by atoms with Gasteiger partial charge in [0.05, 0.1) is 39.9 Å². The Morgan fingerprint density at radius 2 is 0.800 bits per heavy atom. The molecule has 9 heteroatoms. The van der Waals surface area contributed by atoms with Crippen LogP contribution in [0.2, 0.25) is 0 Å². The first-order chi connectivity index (χ1) is 34.0. The highest BCUT2D eigenvalue weighted by molar-refractivity contribution is 7.45. The molecule has 0 bridgehead atoms. The summed E-state index contributed by atoms with van der Waals surface area (Å²) in [7, 11) is 1.24. The molecular weight excluding hydrogens is 888 g/mol. The van der Waals surface area contributed by atoms with Gasteiger partial charge in [-0.15, -0.1) is 0 Å². The number of aliphatic hydroxyl groups is 1. The SMILES string of the molecule is CCCCCCCC/C=C/CC/C=C/CC/C=C/C(O)C(COP(=O)([O-])OCC[N+](C)(C)C)NC(=O)CCCCCCCCCCCCCCCCCC/C=C\CCCCCCCCCCCCCC. The van der Waals surface area contributed by atoms with Gasteiger partial charge in [-0.2, -0.15) is 0 Å². The molecule has 3 unspecified atom stereocenters. The number of phosphoric acid groups is 1. The minimum Gasteiger partial charge on any atom is -0.756 e. The van der Waals surface area contributed by atoms with Crippen molar-refractivity contribution in [3.63, 3.8) is 0 Å². The summed E-state index contributed by atoms with van der Waals surface area (Å²) < 4.78 is 23.3. The highest BCUT2D eigenvalue weighted by Crippen LogP contribution is 2.38. The molecule has 0 heterocycles. The van der Waals surface area contributed by atoms with E-state index < -0.39 is 26.6 Å². The van der Waals surface area contributed by atoms with Gasteiger partial charge in [-0.1, -0.05) is 255 Å². The average molecular weight is 1010 g/mol. The zero-order valence-electron chi connectivity index (χ0n) is 47.0. The van der Waals surface area contributed by atoms with Crippen LogP contribution >= 0.6 is 7.82 Å². The summed E-state index contributed by atoms with van der Waals surface area (Å²) in [6.45, 7) is 4.63. The van der Waals surface area contributed by atoms with Crippen LogP contribution in [0, 0.1) is 0 Å². The Morgan fingerprint density at radius 3 is 1.16 bits per heavy atom. The molecule has 0 fully saturated rings. The van der Waals surface area contributed by atoms with E-state index in [1.807, 2.05) is 27.2 Å². The van der Waals surface area contributed by atoms with Crippen LogP contribution in [-0.4, -0.2) is 68.5 Å². The predicted molar refractivity (Wildman–Crippen MR) is 302 cm³/mol. The molecule has 0 aromatic rings. The molecule has 0 aliphatic carbocycles. The fraction of sp³-hybridized carbons (Fsp3) is 0.852. The highest BCUT2D eigenvalue weighted by Gasteiger charge is 2.23. The molecule has 2 N–H and O–H groups in total. The third-order valence-corrected chi connectivity index (χ3v) is 14.5. The van der Waals surface area contributed by atoms with Crippen molar-refractivity contribution < 1.29 is 32.9 Å². The molecule has 412 valence electrons. The number of nitrogens with zero attached hydrogens (tertiary/aromatic N) is 1. The van der Waals surface area contributed by atoms with Crippen molar-refractivity contribution in [3.05, 3.63) is 48.6 Å². The molecular formula is C61H117N2O6P. The number of nitrogens with one attached hydrogen (secondary N) is 1. The smallest absolute Gasteiger partial charge is 0.268 e. The number of quaternary nitrogens is 1. The Kier molecular flexibility index (Phi) is 51.2. The Labute approximate surface area is 435 Å². The second-order valence-corrected chi connectivity index (χ2v) is 23.1. The first-order valence-corrected chi connectivity index (χ1v) is 31.5. The third-order valence-electron chi connectivity index (χ3n) is 13.5. The van der Waals surface area contributed by atoms with Gasteiger partial charge >= 0.3 is 0 Å². The van der Waals surface area contributed by atoms with Gasteiger partial charge < -0.3 is 28.8 Å². The van der Waals surface area contributed by atoms with E-state index in [0.717, 1.165) is 44.9 Å². The van der Waals surface area contributed by atoms with Crippen molar-refractivity contribution in [3.8, 4) is 0 Å². The summed E-state index contributed by atoms with van der Waals surface area (Å²) in [6.07, 6.45) is 69.3. The lowest BCUT2D eigenvalue weighted by molar-refractivity contribution is -0.870. The zero-order chi connectivity index (χ0) is 51.3. The van der Waals surface area contributed by atoms with Gasteiger partial charge in [0, 0.05) is 6.42 Å². The van der Waals surface area contributed by atoms with E-state index in [2.05, 4.69) is 55.6 Å². The molecule has 0 aliphatic heterocycles. The molecule has 1 amide bonds. The number of hydrogen-bond acceptors (Lipinski definition) is 6. The lowest BCUT2D eigenvalue weighted by Crippen LogP contribution is -2.45. The maximum Gasteiger partial charge on any atom is 0.268 e. The summed E-state index contributed by atoms with van der Waals surface area (Å²) in [5, 5.41) is 13.8. The molecule has 70 heavy (non-hydrogen) atoms. The second-order valence-electron chi connectivity index (χ2n) is 21.7. The van der Waals surface area contributed by atoms with E-state index in [0.29, 0.717) is 17.4 Å². The van der Waals surface area contributed by atoms with Crippen LogP contribution in [0.1, 0.15) is 284 Å². The van der Waals surface area contributed by atoms with Crippen LogP contribution in [0.3, 0.4) is 0 Å². The molecule has 0 spiro atoms. The maximum atomic E-state index is 13.0. The molecule has 0 radical (unpaired) electrons. The number of likely N-dealkylation sites (N-methyl/N-ethyl adjacent to an activating group) is 1. The number of allylic oxidation sites excluding steroid dienone is 7. The summed E-state index contributed by atoms with van der Waals surface area (Å²) in [5.41, 5.74) is 0. The van der Waals surface area contributed by atoms with E-state index in [1.165, 1.54) is 218 Å². The summed E-state index contributed by atoms with van der Waals surface area (Å²) in [6, 6.07) is -0.909. The van der Waals surface area contributed by atoms with Crippen LogP contribution in [-0.2, 0) is 18.4 Å². The van der Waals surface area contributed by atoms with Gasteiger partial charge in [0.1, 0.15) is 13.2 Å². The van der Waals surface area contributed by atoms with E-state index in [9.17, 15) is 19.4 Å². The second kappa shape index (κ2) is 52.3. The van der Waals surface area contributed by atoms with Gasteiger partial charge in [0.15, 0.2) is 0 Å². The summed E-state index contributed by atoms with van der Waals surface area (Å²) in [5.74, 6) is -0.209. The third kappa shape index (κ3) is 54.2. The number of aliphatic hydroxyl groups excluding tert-OH is 1. The van der Waals surface area contributed by atoms with Crippen molar-refractivity contribution in [2.45, 2.75) is 296 Å². The first kappa shape index (κ1) is 68.5. The number of rotatable bonds is 55. The fourth-order valence-corrected chi connectivity index (χ4v) is 9.49. The van der Waals surface area contributed by atoms with Crippen LogP contribution in [0.5, 0.6) is 0 Å². The molecule has 0 saturated carbocycles. The largest absolute Gasteiger partial charge is 0.756 e. The van der Waals surface area contributed by atoms with E-state index >= 15 is 0 Å². The standard InChI is InChI=1S/C61H117N2O6P/c1-6-8-10-12-14-16-18-20-22-24-25-26-27-28-29-30-31-32-33-34-35-36-37-38-39-41-43-45-47-49-51-53-55-61(65)62-59(58-69-70(66,67)68-57-56-63(3,4)5)60(64)54-52-50-48-46-44-42-40-23-21-19-17-15-13-11-9-7-2/h21,23,28-29,44,46,52,54,59-60,64H,6-20,22,24-27,30-43,45,47-51,53,55-58H2,1-5H3,(H-,62,65,66,67)/b23-21+,29-28-,46-44+,54-52+. The van der Waals surface area contributed by atoms with Gasteiger partial charge in [-0.3, -0.25) is 9.36 Å². The number of amides is 1. The number of phosphoric ester groups is 1. The Balaban J connectivity index is 4.08. The molecule has 0 saturated heterocycles. The van der Waals surface area contributed by atoms with Gasteiger partial charge in [0.25, 0.3) is 7.82 Å². The van der Waals surface area contributed by atoms with Gasteiger partial charge in [0.2, 0.25) is 5.91 Å². The minimum atomic E-state index is -4.61. The highest BCUT2D eigenvalue weighted by atomic mass is 31.2. The van der Waals surface area contributed by atoms with Gasteiger partial charge in [-0.25, -0.2) is 0 Å². The normalized spacial score (nSPS) is 14.2. The molecule has 0 aromatic carbocycles. The summed E-state index contributed by atoms with van der Waals surface area (Å²) in [4.78, 5) is 25.5. The maximum absolute atomic E-state index is 13.0. The Hall–Kier alpha value is -1.54. The first-order valence-electron chi connectivity index (χ1n) is 30.0. The molecule has 0 aromatic heterocycles. The molecule has 0 rings (SSSR count). The quantitative estimate of drug-likeness (QED) is 0.0272. The fourth-order valence-electron chi connectivity index (χ4n) is 8.77. The Bertz CT molecular complexity index is 1280. The van der Waals surface area contributed by atoms with E-state index in [-0.39, 0.29) is 12.5 Å². The van der Waals surface area contributed by atoms with Crippen molar-refractivity contribution in [1.29, 1.82) is 0 Å². The predicted octanol–water partition coefficient (Wildman–Crippen LogP) is 17.7. The van der Waals surface area contributed by atoms with Crippen LogP contribution < -0.4 is 10.2 Å². The number of carbonyl (C=O) groups excluding carboxylic acids is 1. The van der Waals surface area contributed by atoms with Crippen LogP contribution in [0.15, 0.2) is 48.6 Å². The number of carbonyl (C=O) groups is 1. The zero-order valence-corrected chi connectivity index (χ0v) is 47.9. The summed E-state index contributed by atoms with van der Waals surface area (Å²) >= 11 is 0. The number of hydrogen-bond donors (Lipinski definition) is 2.